The number of hydrogen-bond acceptors (Lipinski definition) is 7. The maximum absolute atomic E-state index is 14.4. The van der Waals surface area contributed by atoms with Crippen LogP contribution < -0.4 is 10.1 Å². The number of rotatable bonds is 17. The second-order valence-corrected chi connectivity index (χ2v) is 18.5. The van der Waals surface area contributed by atoms with Gasteiger partial charge in [-0.05, 0) is 97.7 Å². The molecule has 1 saturated heterocycles. The van der Waals surface area contributed by atoms with Gasteiger partial charge in [-0.3, -0.25) is 14.5 Å². The Labute approximate surface area is 331 Å². The van der Waals surface area contributed by atoms with E-state index in [0.29, 0.717) is 41.7 Å². The van der Waals surface area contributed by atoms with Crippen LogP contribution in [-0.2, 0) is 29.3 Å². The SMILES string of the molecule is CC(C)C[C@@H](CN(C)C)N(Cc1cccc(CN2O[C@@H](CO)[C@@H](C(C)C)[C@H]2C(=O)N[C@H]2C[C@H]3C[C@@H]([C@@H]2C)C3(C)C)c1)Cc1ccccc1Oc1ccccc1. The molecule has 300 valence electrons. The maximum Gasteiger partial charge on any atom is 0.240 e. The van der Waals surface area contributed by atoms with Crippen LogP contribution in [0.5, 0.6) is 11.5 Å². The molecule has 1 heterocycles. The van der Waals surface area contributed by atoms with Gasteiger partial charge >= 0.3 is 0 Å². The summed E-state index contributed by atoms with van der Waals surface area (Å²) >= 11 is 0. The number of amides is 1. The third-order valence-corrected chi connectivity index (χ3v) is 13.1. The van der Waals surface area contributed by atoms with Crippen LogP contribution in [0.25, 0.3) is 0 Å². The molecular formula is C47H68N4O4. The van der Waals surface area contributed by atoms with E-state index >= 15 is 0 Å². The van der Waals surface area contributed by atoms with Gasteiger partial charge < -0.3 is 20.1 Å². The van der Waals surface area contributed by atoms with Gasteiger partial charge in [0.25, 0.3) is 0 Å². The molecule has 2 N–H and O–H groups in total. The lowest BCUT2D eigenvalue weighted by Crippen LogP contribution is -2.62. The first kappa shape index (κ1) is 41.4. The Bertz CT molecular complexity index is 1680. The van der Waals surface area contributed by atoms with Crippen LogP contribution in [0.15, 0.2) is 78.9 Å². The summed E-state index contributed by atoms with van der Waals surface area (Å²) in [5, 5.41) is 15.9. The summed E-state index contributed by atoms with van der Waals surface area (Å²) in [4.78, 5) is 25.7. The zero-order valence-electron chi connectivity index (χ0n) is 34.9. The van der Waals surface area contributed by atoms with Crippen molar-refractivity contribution in [2.24, 2.45) is 40.9 Å². The van der Waals surface area contributed by atoms with Crippen molar-refractivity contribution in [3.05, 3.63) is 95.6 Å². The van der Waals surface area contributed by atoms with Crippen LogP contribution in [0.4, 0.5) is 0 Å². The van der Waals surface area contributed by atoms with E-state index in [1.165, 1.54) is 12.0 Å². The summed E-state index contributed by atoms with van der Waals surface area (Å²) in [6, 6.07) is 27.1. The molecule has 3 aromatic rings. The van der Waals surface area contributed by atoms with E-state index in [1.807, 2.05) is 41.5 Å². The monoisotopic (exact) mass is 753 g/mol. The number of aliphatic hydroxyl groups is 1. The quantitative estimate of drug-likeness (QED) is 0.144. The predicted molar refractivity (Wildman–Crippen MR) is 221 cm³/mol. The Morgan fingerprint density at radius 1 is 0.964 bits per heavy atom. The third kappa shape index (κ3) is 9.65. The molecule has 0 radical (unpaired) electrons. The first-order chi connectivity index (χ1) is 26.2. The molecule has 8 nitrogen and oxygen atoms in total. The van der Waals surface area contributed by atoms with Crippen molar-refractivity contribution < 1.29 is 19.5 Å². The first-order valence-corrected chi connectivity index (χ1v) is 20.9. The highest BCUT2D eigenvalue weighted by molar-refractivity contribution is 5.82. The smallest absolute Gasteiger partial charge is 0.240 e. The number of hydrogen-bond donors (Lipinski definition) is 2. The summed E-state index contributed by atoms with van der Waals surface area (Å²) in [7, 11) is 4.31. The summed E-state index contributed by atoms with van der Waals surface area (Å²) in [5.41, 5.74) is 3.80. The molecule has 7 rings (SSSR count). The minimum Gasteiger partial charge on any atom is -0.457 e. The normalized spacial score (nSPS) is 26.8. The zero-order valence-corrected chi connectivity index (χ0v) is 34.9. The number of ether oxygens (including phenoxy) is 1. The number of carbonyl (C=O) groups excluding carboxylic acids is 1. The van der Waals surface area contributed by atoms with Crippen LogP contribution in [0.2, 0.25) is 0 Å². The Kier molecular flexibility index (Phi) is 13.5. The van der Waals surface area contributed by atoms with Crippen molar-refractivity contribution in [3.8, 4) is 11.5 Å². The number of benzene rings is 3. The summed E-state index contributed by atoms with van der Waals surface area (Å²) in [6.45, 7) is 18.8. The lowest BCUT2D eigenvalue weighted by Gasteiger charge is -2.62. The summed E-state index contributed by atoms with van der Waals surface area (Å²) in [5.74, 6) is 4.06. The van der Waals surface area contributed by atoms with E-state index in [9.17, 15) is 9.90 Å². The van der Waals surface area contributed by atoms with Gasteiger partial charge in [-0.15, -0.1) is 0 Å². The van der Waals surface area contributed by atoms with Crippen molar-refractivity contribution in [1.82, 2.24) is 20.2 Å². The standard InChI is InChI=1S/C47H68N4O4/c1-31(2)22-38(29-49(8)9)50(28-36-18-13-14-21-42(36)54-39-19-11-10-12-20-39)26-34-16-15-17-35(23-34)27-51-45(44(32(3)4)43(30-52)55-51)46(53)48-41-25-37-24-40(33(41)5)47(37,6)7/h10-21,23,31-33,37-38,40-41,43-45,52H,22,24-30H2,1-9H3,(H,48,53)/t33-,37+,38-,40-,41-,43-,44+,45-/m0/s1. The summed E-state index contributed by atoms with van der Waals surface area (Å²) in [6.07, 6.45) is 2.95. The molecule has 4 aliphatic rings. The number of likely N-dealkylation sites (N-methyl/N-ethyl adjacent to an activating group) is 1. The van der Waals surface area contributed by atoms with E-state index in [4.69, 9.17) is 9.57 Å². The van der Waals surface area contributed by atoms with Gasteiger partial charge in [0.15, 0.2) is 0 Å². The minimum absolute atomic E-state index is 0.0320. The van der Waals surface area contributed by atoms with Crippen molar-refractivity contribution in [3.63, 3.8) is 0 Å². The fourth-order valence-electron chi connectivity index (χ4n) is 10.1. The molecule has 3 aromatic carbocycles. The fraction of sp³-hybridized carbons (Fsp3) is 0.596. The van der Waals surface area contributed by atoms with Gasteiger partial charge in [-0.25, -0.2) is 0 Å². The van der Waals surface area contributed by atoms with E-state index in [1.54, 1.807) is 0 Å². The number of carbonyl (C=O) groups is 1. The van der Waals surface area contributed by atoms with E-state index < -0.39 is 12.1 Å². The third-order valence-electron chi connectivity index (χ3n) is 13.1. The summed E-state index contributed by atoms with van der Waals surface area (Å²) < 4.78 is 6.43. The minimum atomic E-state index is -0.479. The highest BCUT2D eigenvalue weighted by atomic mass is 16.7. The van der Waals surface area contributed by atoms with Crippen molar-refractivity contribution >= 4 is 5.91 Å². The molecule has 4 fully saturated rings. The second-order valence-electron chi connectivity index (χ2n) is 18.5. The van der Waals surface area contributed by atoms with Crippen LogP contribution in [0.3, 0.4) is 0 Å². The van der Waals surface area contributed by atoms with E-state index in [0.717, 1.165) is 55.1 Å². The average molecular weight is 753 g/mol. The van der Waals surface area contributed by atoms with Crippen molar-refractivity contribution in [2.75, 3.05) is 27.2 Å². The van der Waals surface area contributed by atoms with Crippen LogP contribution in [-0.4, -0.2) is 77.4 Å². The number of hydroxylamine groups is 2. The molecule has 0 spiro atoms. The number of nitrogens with zero attached hydrogens (tertiary/aromatic N) is 3. The molecule has 3 aliphatic carbocycles. The molecule has 0 aromatic heterocycles. The number of aliphatic hydroxyl groups excluding tert-OH is 1. The van der Waals surface area contributed by atoms with Gasteiger partial charge in [0.2, 0.25) is 5.91 Å². The molecule has 1 amide bonds. The van der Waals surface area contributed by atoms with Gasteiger partial charge in [0.1, 0.15) is 23.6 Å². The van der Waals surface area contributed by atoms with Gasteiger partial charge in [-0.1, -0.05) is 109 Å². The van der Waals surface area contributed by atoms with Gasteiger partial charge in [0, 0.05) is 43.2 Å². The first-order valence-electron chi connectivity index (χ1n) is 20.9. The molecule has 0 unspecified atom stereocenters. The van der Waals surface area contributed by atoms with Crippen LogP contribution >= 0.6 is 0 Å². The predicted octanol–water partition coefficient (Wildman–Crippen LogP) is 8.39. The maximum atomic E-state index is 14.4. The number of nitrogens with one attached hydrogen (secondary N) is 1. The molecular weight excluding hydrogens is 685 g/mol. The van der Waals surface area contributed by atoms with E-state index in [-0.39, 0.29) is 30.4 Å². The van der Waals surface area contributed by atoms with Gasteiger partial charge in [-0.2, -0.15) is 5.06 Å². The Balaban J connectivity index is 1.23. The molecule has 3 saturated carbocycles. The molecule has 55 heavy (non-hydrogen) atoms. The Morgan fingerprint density at radius 3 is 2.33 bits per heavy atom. The lowest BCUT2D eigenvalue weighted by atomic mass is 9.45. The fourth-order valence-corrected chi connectivity index (χ4v) is 10.1. The molecule has 8 heteroatoms. The topological polar surface area (TPSA) is 77.5 Å². The highest BCUT2D eigenvalue weighted by Gasteiger charge is 2.57. The van der Waals surface area contributed by atoms with E-state index in [2.05, 4.69) is 120 Å². The van der Waals surface area contributed by atoms with Gasteiger partial charge in [0.05, 0.1) is 13.2 Å². The number of para-hydroxylation sites is 2. The van der Waals surface area contributed by atoms with Crippen LogP contribution in [0, 0.1) is 40.9 Å². The molecule has 2 bridgehead atoms. The highest BCUT2D eigenvalue weighted by Crippen LogP contribution is 2.61. The lowest BCUT2D eigenvalue weighted by molar-refractivity contribution is -0.183. The molecule has 8 atom stereocenters. The zero-order chi connectivity index (χ0) is 39.4. The van der Waals surface area contributed by atoms with Crippen molar-refractivity contribution in [1.29, 1.82) is 0 Å². The largest absolute Gasteiger partial charge is 0.457 e. The Morgan fingerprint density at radius 2 is 1.67 bits per heavy atom. The molecule has 1 aliphatic heterocycles. The second kappa shape index (κ2) is 17.9. The van der Waals surface area contributed by atoms with Crippen molar-refractivity contribution in [2.45, 2.75) is 112 Å². The Hall–Kier alpha value is -3.27. The number of fused-ring (bicyclic) bond motifs is 2. The van der Waals surface area contributed by atoms with Crippen LogP contribution in [0.1, 0.15) is 84.4 Å². The average Bonchev–Trinajstić information content (AvgIpc) is 3.51.